The highest BCUT2D eigenvalue weighted by Gasteiger charge is 2.52. The van der Waals surface area contributed by atoms with Gasteiger partial charge in [-0.2, -0.15) is 13.2 Å². The quantitative estimate of drug-likeness (QED) is 0.554. The Morgan fingerprint density at radius 1 is 1.14 bits per heavy atom. The fourth-order valence-electron chi connectivity index (χ4n) is 5.56. The Morgan fingerprint density at radius 3 is 2.47 bits per heavy atom. The van der Waals surface area contributed by atoms with Crippen LogP contribution in [0, 0.1) is 6.92 Å². The van der Waals surface area contributed by atoms with Crippen LogP contribution in [-0.4, -0.2) is 35.4 Å². The fraction of sp³-hybridized carbons (Fsp3) is 0.500. The highest BCUT2D eigenvalue weighted by molar-refractivity contribution is 5.81. The minimum atomic E-state index is -4.44. The van der Waals surface area contributed by atoms with E-state index in [0.717, 1.165) is 17.7 Å². The molecule has 2 aliphatic rings. The van der Waals surface area contributed by atoms with Gasteiger partial charge in [-0.05, 0) is 56.4 Å². The smallest absolute Gasteiger partial charge is 0.371 e. The largest absolute Gasteiger partial charge is 0.416 e. The van der Waals surface area contributed by atoms with Crippen LogP contribution >= 0.6 is 0 Å². The van der Waals surface area contributed by atoms with Crippen LogP contribution in [0.5, 0.6) is 0 Å². The molecule has 0 bridgehead atoms. The number of rotatable bonds is 6. The summed E-state index contributed by atoms with van der Waals surface area (Å²) in [5, 5.41) is 3.10. The molecule has 8 heteroatoms. The third-order valence-electron chi connectivity index (χ3n) is 7.61. The second-order valence-corrected chi connectivity index (χ2v) is 10.1. The first-order chi connectivity index (χ1) is 17.0. The molecule has 0 aliphatic carbocycles. The highest BCUT2D eigenvalue weighted by Crippen LogP contribution is 2.45. The third-order valence-corrected chi connectivity index (χ3v) is 7.61. The summed E-state index contributed by atoms with van der Waals surface area (Å²) in [5.41, 5.74) is -0.0906. The van der Waals surface area contributed by atoms with Crippen LogP contribution in [0.4, 0.5) is 13.2 Å². The van der Waals surface area contributed by atoms with Crippen molar-refractivity contribution in [2.24, 2.45) is 0 Å². The number of benzene rings is 2. The molecule has 0 aromatic heterocycles. The maximum atomic E-state index is 13.4. The molecule has 2 fully saturated rings. The van der Waals surface area contributed by atoms with Gasteiger partial charge in [0.15, 0.2) is 0 Å². The van der Waals surface area contributed by atoms with E-state index in [1.807, 2.05) is 42.2 Å². The third kappa shape index (κ3) is 5.14. The first-order valence-corrected chi connectivity index (χ1v) is 12.5. The minimum Gasteiger partial charge on any atom is -0.371 e. The molecular weight excluding hydrogens is 469 g/mol. The Bertz CT molecular complexity index is 1120. The number of nitrogens with zero attached hydrogens (tertiary/aromatic N) is 1. The molecule has 2 aliphatic heterocycles. The van der Waals surface area contributed by atoms with Crippen molar-refractivity contribution >= 4 is 11.8 Å². The molecule has 36 heavy (non-hydrogen) atoms. The first kappa shape index (κ1) is 26.2. The van der Waals surface area contributed by atoms with Gasteiger partial charge in [-0.15, -0.1) is 0 Å². The van der Waals surface area contributed by atoms with Crippen LogP contribution < -0.4 is 5.32 Å². The SMILES string of the molecule is CCC(=O)N1C[C@@]2(CCC(=O)N2)CC[C@@]1(CO[C@H](C)c1cc(C)cc(C(F)(F)F)c1)c1ccccc1. The molecule has 0 saturated carbocycles. The van der Waals surface area contributed by atoms with Gasteiger partial charge in [-0.3, -0.25) is 9.59 Å². The molecule has 2 saturated heterocycles. The predicted octanol–water partition coefficient (Wildman–Crippen LogP) is 5.67. The summed E-state index contributed by atoms with van der Waals surface area (Å²) in [5.74, 6) is -0.0545. The zero-order valence-corrected chi connectivity index (χ0v) is 21.0. The number of nitrogens with one attached hydrogen (secondary N) is 1. The molecule has 2 heterocycles. The number of alkyl halides is 3. The minimum absolute atomic E-state index is 0.00380. The summed E-state index contributed by atoms with van der Waals surface area (Å²) >= 11 is 0. The summed E-state index contributed by atoms with van der Waals surface area (Å²) in [7, 11) is 0. The average molecular weight is 503 g/mol. The number of piperidine rings is 1. The molecular formula is C28H33F3N2O3. The zero-order chi connectivity index (χ0) is 26.1. The van der Waals surface area contributed by atoms with Gasteiger partial charge >= 0.3 is 6.18 Å². The lowest BCUT2D eigenvalue weighted by Crippen LogP contribution is -2.64. The maximum Gasteiger partial charge on any atom is 0.416 e. The van der Waals surface area contributed by atoms with Gasteiger partial charge in [0.2, 0.25) is 11.8 Å². The molecule has 0 unspecified atom stereocenters. The topological polar surface area (TPSA) is 58.6 Å². The van der Waals surface area contributed by atoms with E-state index in [4.69, 9.17) is 4.74 Å². The Labute approximate surface area is 210 Å². The van der Waals surface area contributed by atoms with E-state index >= 15 is 0 Å². The molecule has 194 valence electrons. The second-order valence-electron chi connectivity index (χ2n) is 10.1. The molecule has 1 N–H and O–H groups in total. The van der Waals surface area contributed by atoms with Crippen LogP contribution in [-0.2, 0) is 26.0 Å². The second kappa shape index (κ2) is 9.88. The fourth-order valence-corrected chi connectivity index (χ4v) is 5.56. The van der Waals surface area contributed by atoms with Crippen molar-refractivity contribution in [3.05, 3.63) is 70.8 Å². The van der Waals surface area contributed by atoms with Crippen molar-refractivity contribution in [3.8, 4) is 0 Å². The van der Waals surface area contributed by atoms with Gasteiger partial charge in [0.1, 0.15) is 0 Å². The Hall–Kier alpha value is -2.87. The Balaban J connectivity index is 1.67. The van der Waals surface area contributed by atoms with Crippen LogP contribution in [0.25, 0.3) is 0 Å². The molecule has 2 amide bonds. The molecule has 5 nitrogen and oxygen atoms in total. The number of ether oxygens (including phenoxy) is 1. The normalized spacial score (nSPS) is 25.2. The first-order valence-electron chi connectivity index (χ1n) is 12.5. The van der Waals surface area contributed by atoms with Gasteiger partial charge in [0.25, 0.3) is 0 Å². The number of hydrogen-bond acceptors (Lipinski definition) is 3. The van der Waals surface area contributed by atoms with Gasteiger partial charge in [0.05, 0.1) is 29.4 Å². The number of carbonyl (C=O) groups is 2. The summed E-state index contributed by atoms with van der Waals surface area (Å²) in [6.07, 6.45) is -2.41. The number of halogens is 3. The van der Waals surface area contributed by atoms with Crippen LogP contribution in [0.2, 0.25) is 0 Å². The predicted molar refractivity (Wildman–Crippen MR) is 130 cm³/mol. The summed E-state index contributed by atoms with van der Waals surface area (Å²) < 4.78 is 46.5. The molecule has 4 rings (SSSR count). The monoisotopic (exact) mass is 502 g/mol. The maximum absolute atomic E-state index is 13.4. The molecule has 0 radical (unpaired) electrons. The Kier molecular flexibility index (Phi) is 7.19. The van der Waals surface area contributed by atoms with Crippen molar-refractivity contribution < 1.29 is 27.5 Å². The van der Waals surface area contributed by atoms with E-state index in [-0.39, 0.29) is 18.4 Å². The van der Waals surface area contributed by atoms with Gasteiger partial charge in [0, 0.05) is 19.4 Å². The van der Waals surface area contributed by atoms with Crippen molar-refractivity contribution in [3.63, 3.8) is 0 Å². The Morgan fingerprint density at radius 2 is 1.86 bits per heavy atom. The molecule has 2 aromatic carbocycles. The number of likely N-dealkylation sites (tertiary alicyclic amines) is 1. The molecule has 1 spiro atoms. The van der Waals surface area contributed by atoms with Gasteiger partial charge < -0.3 is 15.0 Å². The van der Waals surface area contributed by atoms with E-state index in [0.29, 0.717) is 49.8 Å². The van der Waals surface area contributed by atoms with Crippen molar-refractivity contribution in [2.75, 3.05) is 13.2 Å². The van der Waals surface area contributed by atoms with Crippen LogP contribution in [0.15, 0.2) is 48.5 Å². The average Bonchev–Trinajstić information content (AvgIpc) is 3.22. The number of carbonyl (C=O) groups excluding carboxylic acids is 2. The lowest BCUT2D eigenvalue weighted by Gasteiger charge is -2.53. The lowest BCUT2D eigenvalue weighted by atomic mass is 9.74. The van der Waals surface area contributed by atoms with E-state index in [9.17, 15) is 22.8 Å². The van der Waals surface area contributed by atoms with E-state index in [1.54, 1.807) is 19.9 Å². The van der Waals surface area contributed by atoms with Gasteiger partial charge in [-0.25, -0.2) is 0 Å². The van der Waals surface area contributed by atoms with Crippen molar-refractivity contribution in [1.82, 2.24) is 10.2 Å². The number of amides is 2. The van der Waals surface area contributed by atoms with Gasteiger partial charge in [-0.1, -0.05) is 48.9 Å². The standard InChI is InChI=1S/C28H33F3N2O3/c1-4-25(35)33-17-26(11-10-24(34)32-26)12-13-27(33,22-8-6-5-7-9-22)18-36-20(3)21-14-19(2)15-23(16-21)28(29,30)31/h5-9,14-16,20H,4,10-13,17-18H2,1-3H3,(H,32,34)/t20-,26-,27-/m1/s1. The van der Waals surface area contributed by atoms with E-state index in [1.165, 1.54) is 0 Å². The van der Waals surface area contributed by atoms with Crippen LogP contribution in [0.1, 0.15) is 74.3 Å². The number of aryl methyl sites for hydroxylation is 1. The highest BCUT2D eigenvalue weighted by atomic mass is 19.4. The van der Waals surface area contributed by atoms with E-state index in [2.05, 4.69) is 5.32 Å². The van der Waals surface area contributed by atoms with Crippen molar-refractivity contribution in [2.45, 2.75) is 76.2 Å². The summed E-state index contributed by atoms with van der Waals surface area (Å²) in [6.45, 7) is 5.68. The molecule has 3 atom stereocenters. The lowest BCUT2D eigenvalue weighted by molar-refractivity contribution is -0.151. The summed E-state index contributed by atoms with van der Waals surface area (Å²) in [6, 6.07) is 13.6. The van der Waals surface area contributed by atoms with Crippen molar-refractivity contribution in [1.29, 1.82) is 0 Å². The van der Waals surface area contributed by atoms with E-state index < -0.39 is 28.9 Å². The van der Waals surface area contributed by atoms with Crippen LogP contribution in [0.3, 0.4) is 0 Å². The number of hydrogen-bond donors (Lipinski definition) is 1. The summed E-state index contributed by atoms with van der Waals surface area (Å²) in [4.78, 5) is 27.2. The molecule has 2 aromatic rings. The zero-order valence-electron chi connectivity index (χ0n) is 21.0.